The van der Waals surface area contributed by atoms with E-state index in [1.807, 2.05) is 11.8 Å². The first-order chi connectivity index (χ1) is 10.1. The predicted octanol–water partition coefficient (Wildman–Crippen LogP) is -0.373. The van der Waals surface area contributed by atoms with Crippen LogP contribution >= 0.6 is 0 Å². The van der Waals surface area contributed by atoms with Gasteiger partial charge in [-0.2, -0.15) is 0 Å². The number of morpholine rings is 1. The van der Waals surface area contributed by atoms with E-state index in [9.17, 15) is 9.59 Å². The van der Waals surface area contributed by atoms with Crippen molar-refractivity contribution in [1.82, 2.24) is 20.4 Å². The van der Waals surface area contributed by atoms with Gasteiger partial charge in [0.1, 0.15) is 0 Å². The second kappa shape index (κ2) is 7.61. The van der Waals surface area contributed by atoms with E-state index in [2.05, 4.69) is 15.5 Å². The lowest BCUT2D eigenvalue weighted by Crippen LogP contribution is -2.53. The Morgan fingerprint density at radius 1 is 1.24 bits per heavy atom. The molecule has 2 saturated heterocycles. The summed E-state index contributed by atoms with van der Waals surface area (Å²) in [6.45, 7) is 6.04. The molecule has 2 aliphatic rings. The van der Waals surface area contributed by atoms with Crippen molar-refractivity contribution < 1.29 is 14.3 Å². The van der Waals surface area contributed by atoms with Crippen molar-refractivity contribution in [3.05, 3.63) is 0 Å². The highest BCUT2D eigenvalue weighted by molar-refractivity contribution is 5.77. The minimum atomic E-state index is 0.00917. The molecule has 0 aromatic rings. The van der Waals surface area contributed by atoms with E-state index in [0.29, 0.717) is 26.2 Å². The van der Waals surface area contributed by atoms with E-state index >= 15 is 0 Å². The molecule has 1 atom stereocenters. The lowest BCUT2D eigenvalue weighted by Gasteiger charge is -2.35. The fraction of sp³-hybridized carbons (Fsp3) is 0.857. The molecule has 2 heterocycles. The predicted molar refractivity (Wildman–Crippen MR) is 79.0 cm³/mol. The molecule has 0 radical (unpaired) electrons. The first kappa shape index (κ1) is 16.0. The maximum Gasteiger partial charge on any atom is 0.317 e. The second-order valence-electron chi connectivity index (χ2n) is 5.80. The first-order valence-electron chi connectivity index (χ1n) is 7.68. The zero-order valence-electron chi connectivity index (χ0n) is 12.9. The van der Waals surface area contributed by atoms with Gasteiger partial charge in [0.25, 0.3) is 0 Å². The van der Waals surface area contributed by atoms with Gasteiger partial charge in [-0.25, -0.2) is 4.79 Å². The van der Waals surface area contributed by atoms with Gasteiger partial charge < -0.3 is 20.3 Å². The molecule has 7 heteroatoms. The summed E-state index contributed by atoms with van der Waals surface area (Å²) < 4.78 is 5.44. The summed E-state index contributed by atoms with van der Waals surface area (Å²) in [7, 11) is 1.65. The number of hydrogen-bond donors (Lipinski definition) is 2. The Morgan fingerprint density at radius 2 is 1.95 bits per heavy atom. The van der Waals surface area contributed by atoms with Crippen molar-refractivity contribution in [3.63, 3.8) is 0 Å². The summed E-state index contributed by atoms with van der Waals surface area (Å²) in [6.07, 6.45) is 1.89. The number of urea groups is 1. The quantitative estimate of drug-likeness (QED) is 0.745. The fourth-order valence-corrected chi connectivity index (χ4v) is 2.79. The number of nitrogens with one attached hydrogen (secondary N) is 2. The summed E-state index contributed by atoms with van der Waals surface area (Å²) in [4.78, 5) is 27.5. The van der Waals surface area contributed by atoms with Crippen LogP contribution in [0.25, 0.3) is 0 Å². The number of carbonyl (C=O) groups is 2. The fourth-order valence-electron chi connectivity index (χ4n) is 2.79. The molecular weight excluding hydrogens is 272 g/mol. The maximum absolute atomic E-state index is 12.2. The van der Waals surface area contributed by atoms with Crippen molar-refractivity contribution in [2.24, 2.45) is 0 Å². The number of ether oxygens (including phenoxy) is 1. The van der Waals surface area contributed by atoms with Gasteiger partial charge in [-0.05, 0) is 19.8 Å². The Hall–Kier alpha value is -1.34. The van der Waals surface area contributed by atoms with Crippen LogP contribution in [0, 0.1) is 0 Å². The first-order valence-corrected chi connectivity index (χ1v) is 7.68. The highest BCUT2D eigenvalue weighted by atomic mass is 16.5. The van der Waals surface area contributed by atoms with E-state index in [1.165, 1.54) is 0 Å². The third-order valence-electron chi connectivity index (χ3n) is 4.09. The van der Waals surface area contributed by atoms with Gasteiger partial charge >= 0.3 is 6.03 Å². The van der Waals surface area contributed by atoms with Gasteiger partial charge in [-0.1, -0.05) is 0 Å². The zero-order valence-corrected chi connectivity index (χ0v) is 12.9. The van der Waals surface area contributed by atoms with E-state index in [1.54, 1.807) is 7.05 Å². The molecule has 21 heavy (non-hydrogen) atoms. The molecule has 0 saturated carbocycles. The van der Waals surface area contributed by atoms with Crippen molar-refractivity contribution in [2.45, 2.75) is 31.9 Å². The largest absolute Gasteiger partial charge is 0.375 e. The van der Waals surface area contributed by atoms with Crippen LogP contribution in [0.1, 0.15) is 19.8 Å². The number of hydrogen-bond acceptors (Lipinski definition) is 4. The number of likely N-dealkylation sites (tertiary alicyclic amines) is 1. The highest BCUT2D eigenvalue weighted by Crippen LogP contribution is 2.11. The van der Waals surface area contributed by atoms with Crippen molar-refractivity contribution in [2.75, 3.05) is 46.4 Å². The van der Waals surface area contributed by atoms with Crippen LogP contribution in [0.15, 0.2) is 0 Å². The number of amides is 3. The monoisotopic (exact) mass is 298 g/mol. The average molecular weight is 298 g/mol. The number of likely N-dealkylation sites (N-methyl/N-ethyl adjacent to an activating group) is 1. The van der Waals surface area contributed by atoms with Crippen LogP contribution in [0.2, 0.25) is 0 Å². The summed E-state index contributed by atoms with van der Waals surface area (Å²) in [5.41, 5.74) is 0. The third kappa shape index (κ3) is 4.86. The Bertz CT molecular complexity index is 369. The molecule has 1 unspecified atom stereocenters. The van der Waals surface area contributed by atoms with Crippen LogP contribution in [0.5, 0.6) is 0 Å². The smallest absolute Gasteiger partial charge is 0.317 e. The van der Waals surface area contributed by atoms with Crippen LogP contribution < -0.4 is 10.6 Å². The SMILES string of the molecule is CNC(=O)CN1CCC(NC(=O)N2CCOC(C)C2)CC1. The summed E-state index contributed by atoms with van der Waals surface area (Å²) in [6, 6.07) is 0.214. The lowest BCUT2D eigenvalue weighted by atomic mass is 10.1. The van der Waals surface area contributed by atoms with Crippen LogP contribution in [0.3, 0.4) is 0 Å². The van der Waals surface area contributed by atoms with Gasteiger partial charge in [0.05, 0.1) is 19.3 Å². The summed E-state index contributed by atoms with van der Waals surface area (Å²) >= 11 is 0. The number of nitrogens with zero attached hydrogens (tertiary/aromatic N) is 2. The topological polar surface area (TPSA) is 73.9 Å². The van der Waals surface area contributed by atoms with E-state index in [0.717, 1.165) is 25.9 Å². The van der Waals surface area contributed by atoms with Crippen molar-refractivity contribution in [3.8, 4) is 0 Å². The normalized spacial score (nSPS) is 24.7. The van der Waals surface area contributed by atoms with E-state index < -0.39 is 0 Å². The summed E-state index contributed by atoms with van der Waals surface area (Å²) in [5.74, 6) is 0.0415. The highest BCUT2D eigenvalue weighted by Gasteiger charge is 2.26. The minimum Gasteiger partial charge on any atom is -0.375 e. The Morgan fingerprint density at radius 3 is 2.57 bits per heavy atom. The van der Waals surface area contributed by atoms with Crippen molar-refractivity contribution >= 4 is 11.9 Å². The Kier molecular flexibility index (Phi) is 5.81. The Labute approximate surface area is 126 Å². The molecule has 3 amide bonds. The van der Waals surface area contributed by atoms with Crippen LogP contribution in [-0.2, 0) is 9.53 Å². The molecule has 2 N–H and O–H groups in total. The number of piperidine rings is 1. The van der Waals surface area contributed by atoms with Gasteiger partial charge in [0.2, 0.25) is 5.91 Å². The molecule has 120 valence electrons. The molecule has 7 nitrogen and oxygen atoms in total. The molecule has 2 rings (SSSR count). The molecule has 2 fully saturated rings. The molecule has 0 aromatic carbocycles. The molecule has 2 aliphatic heterocycles. The number of carbonyl (C=O) groups excluding carboxylic acids is 2. The third-order valence-corrected chi connectivity index (χ3v) is 4.09. The van der Waals surface area contributed by atoms with E-state index in [4.69, 9.17) is 4.74 Å². The molecule has 0 spiro atoms. The molecule has 0 aliphatic carbocycles. The Balaban J connectivity index is 1.70. The lowest BCUT2D eigenvalue weighted by molar-refractivity contribution is -0.122. The van der Waals surface area contributed by atoms with Gasteiger partial charge in [-0.3, -0.25) is 9.69 Å². The maximum atomic E-state index is 12.2. The van der Waals surface area contributed by atoms with Gasteiger partial charge in [0.15, 0.2) is 0 Å². The minimum absolute atomic E-state index is 0.00917. The van der Waals surface area contributed by atoms with Crippen LogP contribution in [0.4, 0.5) is 4.79 Å². The summed E-state index contributed by atoms with van der Waals surface area (Å²) in [5, 5.41) is 5.74. The standard InChI is InChI=1S/C14H26N4O3/c1-11-9-18(7-8-21-11)14(20)16-12-3-5-17(6-4-12)10-13(19)15-2/h11-12H,3-10H2,1-2H3,(H,15,19)(H,16,20). The molecule has 0 bridgehead atoms. The average Bonchev–Trinajstić information content (AvgIpc) is 2.49. The second-order valence-corrected chi connectivity index (χ2v) is 5.80. The van der Waals surface area contributed by atoms with Gasteiger partial charge in [0, 0.05) is 39.3 Å². The van der Waals surface area contributed by atoms with Crippen molar-refractivity contribution in [1.29, 1.82) is 0 Å². The zero-order chi connectivity index (χ0) is 15.2. The van der Waals surface area contributed by atoms with Crippen LogP contribution in [-0.4, -0.2) is 80.3 Å². The van der Waals surface area contributed by atoms with Gasteiger partial charge in [-0.15, -0.1) is 0 Å². The molecule has 0 aromatic heterocycles. The van der Waals surface area contributed by atoms with E-state index in [-0.39, 0.29) is 24.1 Å². The molecular formula is C14H26N4O3. The number of rotatable bonds is 3.